The minimum absolute atomic E-state index is 0.671. The van der Waals surface area contributed by atoms with Crippen molar-refractivity contribution < 1.29 is 0 Å². The lowest BCUT2D eigenvalue weighted by molar-refractivity contribution is 0.326. The molecule has 2 fully saturated rings. The Hall–Kier alpha value is -0.0400. The molecule has 0 aromatic carbocycles. The Bertz CT molecular complexity index is 180. The molecule has 2 aliphatic carbocycles. The van der Waals surface area contributed by atoms with Gasteiger partial charge in [-0.25, -0.2) is 0 Å². The van der Waals surface area contributed by atoms with Crippen molar-refractivity contribution in [3.63, 3.8) is 0 Å². The van der Waals surface area contributed by atoms with Gasteiger partial charge in [0.05, 0.1) is 0 Å². The lowest BCUT2D eigenvalue weighted by Gasteiger charge is -2.25. The van der Waals surface area contributed by atoms with E-state index in [1.165, 1.54) is 51.5 Å². The monoisotopic (exact) mass is 195 g/mol. The summed E-state index contributed by atoms with van der Waals surface area (Å²) >= 11 is 0. The summed E-state index contributed by atoms with van der Waals surface area (Å²) in [5.41, 5.74) is 0.671. The van der Waals surface area contributed by atoms with E-state index >= 15 is 0 Å². The van der Waals surface area contributed by atoms with Gasteiger partial charge in [-0.1, -0.05) is 26.7 Å². The predicted molar refractivity (Wildman–Crippen MR) is 61.4 cm³/mol. The van der Waals surface area contributed by atoms with Gasteiger partial charge in [-0.3, -0.25) is 0 Å². The first-order valence-electron chi connectivity index (χ1n) is 6.48. The Morgan fingerprint density at radius 1 is 1.36 bits per heavy atom. The van der Waals surface area contributed by atoms with Gasteiger partial charge >= 0.3 is 0 Å². The van der Waals surface area contributed by atoms with Crippen LogP contribution in [0, 0.1) is 11.3 Å². The van der Waals surface area contributed by atoms with Gasteiger partial charge in [0.25, 0.3) is 0 Å². The summed E-state index contributed by atoms with van der Waals surface area (Å²) in [6.45, 7) is 5.94. The largest absolute Gasteiger partial charge is 0.313 e. The average molecular weight is 195 g/mol. The SMILES string of the molecule is CCCNC(CCC1CC1)C1(C)CC1. The van der Waals surface area contributed by atoms with E-state index in [4.69, 9.17) is 0 Å². The van der Waals surface area contributed by atoms with E-state index < -0.39 is 0 Å². The molecule has 0 bridgehead atoms. The molecule has 0 aliphatic heterocycles. The zero-order valence-corrected chi connectivity index (χ0v) is 9.81. The lowest BCUT2D eigenvalue weighted by atomic mass is 9.93. The first-order chi connectivity index (χ1) is 6.74. The highest BCUT2D eigenvalue weighted by Gasteiger charge is 2.44. The highest BCUT2D eigenvalue weighted by molar-refractivity contribution is 4.99. The number of rotatable bonds is 7. The molecule has 1 heteroatoms. The fraction of sp³-hybridized carbons (Fsp3) is 1.00. The summed E-state index contributed by atoms with van der Waals surface area (Å²) in [5, 5.41) is 3.76. The molecule has 0 aromatic rings. The molecular formula is C13H25N. The van der Waals surface area contributed by atoms with Crippen molar-refractivity contribution in [3.05, 3.63) is 0 Å². The summed E-state index contributed by atoms with van der Waals surface area (Å²) < 4.78 is 0. The molecule has 1 N–H and O–H groups in total. The van der Waals surface area contributed by atoms with E-state index in [0.29, 0.717) is 5.41 Å². The molecule has 0 radical (unpaired) electrons. The van der Waals surface area contributed by atoms with Crippen LogP contribution >= 0.6 is 0 Å². The van der Waals surface area contributed by atoms with Gasteiger partial charge in [0.2, 0.25) is 0 Å². The quantitative estimate of drug-likeness (QED) is 0.657. The fourth-order valence-electron chi connectivity index (χ4n) is 2.37. The second-order valence-electron chi connectivity index (χ2n) is 5.68. The van der Waals surface area contributed by atoms with Crippen LogP contribution in [-0.4, -0.2) is 12.6 Å². The highest BCUT2D eigenvalue weighted by Crippen LogP contribution is 2.50. The molecule has 1 unspecified atom stereocenters. The smallest absolute Gasteiger partial charge is 0.0121 e. The normalized spacial score (nSPS) is 26.1. The van der Waals surface area contributed by atoms with Crippen LogP contribution in [0.25, 0.3) is 0 Å². The van der Waals surface area contributed by atoms with E-state index in [1.54, 1.807) is 0 Å². The van der Waals surface area contributed by atoms with Crippen molar-refractivity contribution in [3.8, 4) is 0 Å². The van der Waals surface area contributed by atoms with Crippen LogP contribution in [0.4, 0.5) is 0 Å². The first kappa shape index (κ1) is 10.5. The fourth-order valence-corrected chi connectivity index (χ4v) is 2.37. The van der Waals surface area contributed by atoms with E-state index in [-0.39, 0.29) is 0 Å². The summed E-state index contributed by atoms with van der Waals surface area (Å²) in [6, 6.07) is 0.822. The Balaban J connectivity index is 1.72. The molecule has 2 rings (SSSR count). The summed E-state index contributed by atoms with van der Waals surface area (Å²) in [7, 11) is 0. The van der Waals surface area contributed by atoms with Crippen LogP contribution in [0.3, 0.4) is 0 Å². The van der Waals surface area contributed by atoms with Crippen molar-refractivity contribution in [1.29, 1.82) is 0 Å². The number of hydrogen-bond donors (Lipinski definition) is 1. The summed E-state index contributed by atoms with van der Waals surface area (Å²) in [5.74, 6) is 1.10. The Morgan fingerprint density at radius 2 is 2.07 bits per heavy atom. The van der Waals surface area contributed by atoms with Gasteiger partial charge in [-0.15, -0.1) is 0 Å². The van der Waals surface area contributed by atoms with Gasteiger partial charge < -0.3 is 5.32 Å². The Morgan fingerprint density at radius 3 is 2.57 bits per heavy atom. The first-order valence-corrected chi connectivity index (χ1v) is 6.48. The van der Waals surface area contributed by atoms with Gasteiger partial charge in [-0.05, 0) is 50.0 Å². The minimum Gasteiger partial charge on any atom is -0.313 e. The molecule has 2 aliphatic rings. The van der Waals surface area contributed by atoms with Crippen molar-refractivity contribution in [1.82, 2.24) is 5.32 Å². The minimum atomic E-state index is 0.671. The molecule has 0 amide bonds. The molecule has 0 heterocycles. The average Bonchev–Trinajstić information content (AvgIpc) is 3.03. The topological polar surface area (TPSA) is 12.0 Å². The van der Waals surface area contributed by atoms with Crippen molar-refractivity contribution in [2.75, 3.05) is 6.54 Å². The van der Waals surface area contributed by atoms with Crippen LogP contribution in [-0.2, 0) is 0 Å². The molecule has 0 aromatic heterocycles. The number of nitrogens with one attached hydrogen (secondary N) is 1. The molecule has 82 valence electrons. The van der Waals surface area contributed by atoms with Crippen molar-refractivity contribution >= 4 is 0 Å². The van der Waals surface area contributed by atoms with Crippen LogP contribution in [0.5, 0.6) is 0 Å². The second kappa shape index (κ2) is 4.22. The lowest BCUT2D eigenvalue weighted by Crippen LogP contribution is -2.36. The van der Waals surface area contributed by atoms with E-state index in [0.717, 1.165) is 12.0 Å². The Kier molecular flexibility index (Phi) is 3.16. The molecule has 1 atom stereocenters. The van der Waals surface area contributed by atoms with Crippen molar-refractivity contribution in [2.24, 2.45) is 11.3 Å². The standard InChI is InChI=1S/C13H25N/c1-3-10-14-12(13(2)8-9-13)7-6-11-4-5-11/h11-12,14H,3-10H2,1-2H3. The predicted octanol–water partition coefficient (Wildman–Crippen LogP) is 3.34. The van der Waals surface area contributed by atoms with Crippen LogP contribution in [0.1, 0.15) is 58.8 Å². The van der Waals surface area contributed by atoms with Crippen LogP contribution in [0.15, 0.2) is 0 Å². The van der Waals surface area contributed by atoms with Crippen LogP contribution in [0.2, 0.25) is 0 Å². The van der Waals surface area contributed by atoms with Gasteiger partial charge in [0.15, 0.2) is 0 Å². The molecule has 14 heavy (non-hydrogen) atoms. The Labute approximate surface area is 88.7 Å². The van der Waals surface area contributed by atoms with E-state index in [9.17, 15) is 0 Å². The maximum Gasteiger partial charge on any atom is 0.0121 e. The second-order valence-corrected chi connectivity index (χ2v) is 5.68. The third kappa shape index (κ3) is 2.73. The van der Waals surface area contributed by atoms with Gasteiger partial charge in [0, 0.05) is 6.04 Å². The maximum atomic E-state index is 3.76. The van der Waals surface area contributed by atoms with Gasteiger partial charge in [-0.2, -0.15) is 0 Å². The third-order valence-corrected chi connectivity index (χ3v) is 4.08. The van der Waals surface area contributed by atoms with E-state index in [1.807, 2.05) is 0 Å². The van der Waals surface area contributed by atoms with Gasteiger partial charge in [0.1, 0.15) is 0 Å². The molecule has 1 nitrogen and oxygen atoms in total. The van der Waals surface area contributed by atoms with E-state index in [2.05, 4.69) is 19.2 Å². The molecular weight excluding hydrogens is 170 g/mol. The molecule has 0 spiro atoms. The molecule has 2 saturated carbocycles. The molecule has 0 saturated heterocycles. The summed E-state index contributed by atoms with van der Waals surface area (Å²) in [6.07, 6.45) is 10.1. The maximum absolute atomic E-state index is 3.76. The number of hydrogen-bond acceptors (Lipinski definition) is 1. The van der Waals surface area contributed by atoms with Crippen LogP contribution < -0.4 is 5.32 Å². The summed E-state index contributed by atoms with van der Waals surface area (Å²) in [4.78, 5) is 0. The third-order valence-electron chi connectivity index (χ3n) is 4.08. The zero-order valence-electron chi connectivity index (χ0n) is 9.81. The highest BCUT2D eigenvalue weighted by atomic mass is 14.9. The van der Waals surface area contributed by atoms with Crippen molar-refractivity contribution in [2.45, 2.75) is 64.8 Å². The zero-order chi connectivity index (χ0) is 10.0.